The van der Waals surface area contributed by atoms with E-state index in [0.717, 1.165) is 11.6 Å². The summed E-state index contributed by atoms with van der Waals surface area (Å²) in [6, 6.07) is 4.42. The Morgan fingerprint density at radius 1 is 1.19 bits per heavy atom. The Kier molecular flexibility index (Phi) is 2.23. The second kappa shape index (κ2) is 3.62. The normalized spacial score (nSPS) is 17.4. The monoisotopic (exact) mass is 214 g/mol. The second-order valence-corrected chi connectivity index (χ2v) is 5.03. The summed E-state index contributed by atoms with van der Waals surface area (Å²) in [4.78, 5) is 4.55. The van der Waals surface area contributed by atoms with E-state index in [1.165, 1.54) is 42.6 Å². The van der Waals surface area contributed by atoms with E-state index in [-0.39, 0.29) is 0 Å². The Morgan fingerprint density at radius 3 is 2.69 bits per heavy atom. The molecule has 84 valence electrons. The van der Waals surface area contributed by atoms with Crippen LogP contribution in [0.25, 0.3) is 5.65 Å². The average Bonchev–Trinajstić information content (AvgIpc) is 2.82. The Labute approximate surface area is 96.3 Å². The van der Waals surface area contributed by atoms with Crippen molar-refractivity contribution in [2.75, 3.05) is 0 Å². The number of aromatic nitrogens is 2. The summed E-state index contributed by atoms with van der Waals surface area (Å²) in [5, 5.41) is 0. The molecule has 0 radical (unpaired) electrons. The highest BCUT2D eigenvalue weighted by molar-refractivity contribution is 5.46. The van der Waals surface area contributed by atoms with E-state index in [2.05, 4.69) is 41.6 Å². The second-order valence-electron chi connectivity index (χ2n) is 5.03. The minimum atomic E-state index is 0.733. The maximum absolute atomic E-state index is 4.55. The third-order valence-electron chi connectivity index (χ3n) is 3.74. The van der Waals surface area contributed by atoms with Gasteiger partial charge in [-0.15, -0.1) is 0 Å². The van der Waals surface area contributed by atoms with Gasteiger partial charge in [-0.25, -0.2) is 4.98 Å². The first kappa shape index (κ1) is 9.88. The first-order valence-corrected chi connectivity index (χ1v) is 6.20. The Bertz CT molecular complexity index is 519. The SMILES string of the molecule is Cc1cc(C)n2c(C3CCCC3)cnc2c1. The summed E-state index contributed by atoms with van der Waals surface area (Å²) in [6.45, 7) is 4.32. The van der Waals surface area contributed by atoms with E-state index in [0.29, 0.717) is 0 Å². The zero-order chi connectivity index (χ0) is 11.1. The van der Waals surface area contributed by atoms with Gasteiger partial charge in [-0.1, -0.05) is 12.8 Å². The van der Waals surface area contributed by atoms with E-state index in [9.17, 15) is 0 Å². The van der Waals surface area contributed by atoms with Gasteiger partial charge in [0.25, 0.3) is 0 Å². The maximum atomic E-state index is 4.55. The molecule has 1 fully saturated rings. The molecule has 2 aromatic rings. The molecule has 1 aliphatic rings. The summed E-state index contributed by atoms with van der Waals surface area (Å²) in [5.74, 6) is 0.733. The third-order valence-corrected chi connectivity index (χ3v) is 3.74. The summed E-state index contributed by atoms with van der Waals surface area (Å²) in [6.07, 6.45) is 7.51. The van der Waals surface area contributed by atoms with Gasteiger partial charge in [0.2, 0.25) is 0 Å². The van der Waals surface area contributed by atoms with Crippen molar-refractivity contribution in [3.63, 3.8) is 0 Å². The predicted octanol–water partition coefficient (Wildman–Crippen LogP) is 3.61. The molecule has 2 heteroatoms. The van der Waals surface area contributed by atoms with Crippen molar-refractivity contribution < 1.29 is 0 Å². The number of aryl methyl sites for hydroxylation is 2. The first-order chi connectivity index (χ1) is 7.75. The van der Waals surface area contributed by atoms with E-state index in [1.54, 1.807) is 0 Å². The number of imidazole rings is 1. The molecule has 1 aliphatic carbocycles. The van der Waals surface area contributed by atoms with Crippen LogP contribution in [0.2, 0.25) is 0 Å². The van der Waals surface area contributed by atoms with Crippen LogP contribution in [0.3, 0.4) is 0 Å². The predicted molar refractivity (Wildman–Crippen MR) is 65.9 cm³/mol. The average molecular weight is 214 g/mol. The lowest BCUT2D eigenvalue weighted by atomic mass is 10.0. The van der Waals surface area contributed by atoms with Crippen molar-refractivity contribution in [3.05, 3.63) is 35.3 Å². The molecule has 0 unspecified atom stereocenters. The Hall–Kier alpha value is -1.31. The zero-order valence-corrected chi connectivity index (χ0v) is 10.0. The minimum Gasteiger partial charge on any atom is -0.301 e. The van der Waals surface area contributed by atoms with Crippen LogP contribution < -0.4 is 0 Å². The van der Waals surface area contributed by atoms with Crippen molar-refractivity contribution in [1.29, 1.82) is 0 Å². The van der Waals surface area contributed by atoms with Crippen LogP contribution in [0.15, 0.2) is 18.3 Å². The van der Waals surface area contributed by atoms with Gasteiger partial charge < -0.3 is 4.40 Å². The van der Waals surface area contributed by atoms with Gasteiger partial charge in [0.1, 0.15) is 5.65 Å². The lowest BCUT2D eigenvalue weighted by molar-refractivity contribution is 0.686. The van der Waals surface area contributed by atoms with Crippen LogP contribution in [0.5, 0.6) is 0 Å². The van der Waals surface area contributed by atoms with Gasteiger partial charge in [-0.05, 0) is 44.4 Å². The molecule has 3 rings (SSSR count). The largest absolute Gasteiger partial charge is 0.301 e. The quantitative estimate of drug-likeness (QED) is 0.709. The minimum absolute atomic E-state index is 0.733. The van der Waals surface area contributed by atoms with Crippen molar-refractivity contribution in [1.82, 2.24) is 9.38 Å². The van der Waals surface area contributed by atoms with Crippen LogP contribution in [0.4, 0.5) is 0 Å². The molecule has 2 nitrogen and oxygen atoms in total. The molecule has 0 aromatic carbocycles. The van der Waals surface area contributed by atoms with E-state index in [1.807, 2.05) is 0 Å². The molecule has 2 heterocycles. The van der Waals surface area contributed by atoms with E-state index >= 15 is 0 Å². The fourth-order valence-corrected chi connectivity index (χ4v) is 3.02. The highest BCUT2D eigenvalue weighted by Crippen LogP contribution is 2.34. The number of hydrogen-bond donors (Lipinski definition) is 0. The molecule has 0 amide bonds. The summed E-state index contributed by atoms with van der Waals surface area (Å²) >= 11 is 0. The molecule has 0 aliphatic heterocycles. The molecule has 0 atom stereocenters. The summed E-state index contributed by atoms with van der Waals surface area (Å²) < 4.78 is 2.34. The fraction of sp³-hybridized carbons (Fsp3) is 0.500. The zero-order valence-electron chi connectivity index (χ0n) is 10.0. The smallest absolute Gasteiger partial charge is 0.137 e. The van der Waals surface area contributed by atoms with Crippen LogP contribution in [0, 0.1) is 13.8 Å². The third kappa shape index (κ3) is 1.44. The van der Waals surface area contributed by atoms with Gasteiger partial charge in [0.15, 0.2) is 0 Å². The van der Waals surface area contributed by atoms with E-state index in [4.69, 9.17) is 0 Å². The molecule has 16 heavy (non-hydrogen) atoms. The van der Waals surface area contributed by atoms with Gasteiger partial charge in [0, 0.05) is 23.5 Å². The molecule has 0 spiro atoms. The summed E-state index contributed by atoms with van der Waals surface area (Å²) in [7, 11) is 0. The molecular weight excluding hydrogens is 196 g/mol. The highest BCUT2D eigenvalue weighted by Gasteiger charge is 2.20. The van der Waals surface area contributed by atoms with Crippen LogP contribution in [-0.4, -0.2) is 9.38 Å². The van der Waals surface area contributed by atoms with Crippen molar-refractivity contribution in [2.24, 2.45) is 0 Å². The lowest BCUT2D eigenvalue weighted by Crippen LogP contribution is -2.01. The van der Waals surface area contributed by atoms with Crippen molar-refractivity contribution in [2.45, 2.75) is 45.4 Å². The van der Waals surface area contributed by atoms with Gasteiger partial charge >= 0.3 is 0 Å². The van der Waals surface area contributed by atoms with Crippen molar-refractivity contribution in [3.8, 4) is 0 Å². The molecule has 2 aromatic heterocycles. The number of pyridine rings is 1. The number of fused-ring (bicyclic) bond motifs is 1. The number of nitrogens with zero attached hydrogens (tertiary/aromatic N) is 2. The molecule has 0 bridgehead atoms. The topological polar surface area (TPSA) is 17.3 Å². The van der Waals surface area contributed by atoms with Crippen molar-refractivity contribution >= 4 is 5.65 Å². The number of rotatable bonds is 1. The Morgan fingerprint density at radius 2 is 1.94 bits per heavy atom. The van der Waals surface area contributed by atoms with Crippen LogP contribution in [-0.2, 0) is 0 Å². The maximum Gasteiger partial charge on any atom is 0.137 e. The van der Waals surface area contributed by atoms with Crippen LogP contribution in [0.1, 0.15) is 48.6 Å². The molecular formula is C14H18N2. The highest BCUT2D eigenvalue weighted by atomic mass is 15.0. The molecule has 1 saturated carbocycles. The molecule has 0 saturated heterocycles. The summed E-state index contributed by atoms with van der Waals surface area (Å²) in [5.41, 5.74) is 5.15. The van der Waals surface area contributed by atoms with E-state index < -0.39 is 0 Å². The van der Waals surface area contributed by atoms with Gasteiger partial charge in [-0.2, -0.15) is 0 Å². The first-order valence-electron chi connectivity index (χ1n) is 6.20. The van der Waals surface area contributed by atoms with Gasteiger partial charge in [0.05, 0.1) is 0 Å². The standard InChI is InChI=1S/C14H18N2/c1-10-7-11(2)16-13(9-15-14(16)8-10)12-5-3-4-6-12/h7-9,12H,3-6H2,1-2H3. The fourth-order valence-electron chi connectivity index (χ4n) is 3.02. The van der Waals surface area contributed by atoms with Gasteiger partial charge in [-0.3, -0.25) is 0 Å². The van der Waals surface area contributed by atoms with Crippen LogP contribution >= 0.6 is 0 Å². The lowest BCUT2D eigenvalue weighted by Gasteiger charge is -2.11. The Balaban J connectivity index is 2.18. The number of hydrogen-bond acceptors (Lipinski definition) is 1. The molecule has 0 N–H and O–H groups in total.